The molecule has 0 N–H and O–H groups in total. The molecule has 0 spiro atoms. The lowest BCUT2D eigenvalue weighted by atomic mass is 10.1. The fourth-order valence-corrected chi connectivity index (χ4v) is 1.68. The molecule has 0 aliphatic rings. The summed E-state index contributed by atoms with van der Waals surface area (Å²) in [6.45, 7) is 5.27. The van der Waals surface area contributed by atoms with Gasteiger partial charge in [-0.1, -0.05) is 18.7 Å². The Morgan fingerprint density at radius 2 is 1.94 bits per heavy atom. The van der Waals surface area contributed by atoms with Crippen LogP contribution in [0.15, 0.2) is 30.8 Å². The van der Waals surface area contributed by atoms with E-state index in [1.54, 1.807) is 31.2 Å². The van der Waals surface area contributed by atoms with Crippen LogP contribution in [0, 0.1) is 6.92 Å². The smallest absolute Gasteiger partial charge is 0.243 e. The van der Waals surface area contributed by atoms with Crippen molar-refractivity contribution in [3.05, 3.63) is 47.7 Å². The number of fused-ring (bicyclic) bond motifs is 1. The molecule has 1 heterocycles. The largest absolute Gasteiger partial charge is 0.433 e. The van der Waals surface area contributed by atoms with Crippen LogP contribution in [-0.4, -0.2) is 4.98 Å². The van der Waals surface area contributed by atoms with Crippen molar-refractivity contribution in [3.8, 4) is 0 Å². The zero-order valence-corrected chi connectivity index (χ0v) is 9.17. The van der Waals surface area contributed by atoms with Gasteiger partial charge in [-0.15, -0.1) is 0 Å². The van der Waals surface area contributed by atoms with E-state index in [-0.39, 0.29) is 0 Å². The molecular formula is C13H10F3N. The van der Waals surface area contributed by atoms with Crippen LogP contribution in [0.2, 0.25) is 0 Å². The Labute approximate surface area is 96.6 Å². The number of hydrogen-bond acceptors (Lipinski definition) is 1. The average Bonchev–Trinajstić information content (AvgIpc) is 2.27. The zero-order chi connectivity index (χ0) is 12.6. The third-order valence-electron chi connectivity index (χ3n) is 2.57. The van der Waals surface area contributed by atoms with Crippen molar-refractivity contribution in [2.45, 2.75) is 13.1 Å². The van der Waals surface area contributed by atoms with E-state index in [1.165, 1.54) is 0 Å². The minimum atomic E-state index is -4.41. The first-order chi connectivity index (χ1) is 7.91. The summed E-state index contributed by atoms with van der Waals surface area (Å²) in [4.78, 5) is 3.62. The molecule has 0 bridgehead atoms. The summed E-state index contributed by atoms with van der Waals surface area (Å²) in [5.41, 5.74) is 0.921. The maximum Gasteiger partial charge on any atom is 0.433 e. The quantitative estimate of drug-likeness (QED) is 0.724. The standard InChI is InChI=1S/C13H10F3N/c1-3-9-4-5-11-10(7-9)8(2)6-12(17-11)13(14,15)16/h3-7H,1H2,2H3. The highest BCUT2D eigenvalue weighted by atomic mass is 19.4. The lowest BCUT2D eigenvalue weighted by molar-refractivity contribution is -0.141. The predicted octanol–water partition coefficient (Wildman–Crippen LogP) is 4.21. The van der Waals surface area contributed by atoms with Gasteiger partial charge in [0.05, 0.1) is 5.52 Å². The van der Waals surface area contributed by atoms with Gasteiger partial charge in [0, 0.05) is 5.39 Å². The van der Waals surface area contributed by atoms with Gasteiger partial charge in [0.1, 0.15) is 5.69 Å². The van der Waals surface area contributed by atoms with E-state index in [9.17, 15) is 13.2 Å². The van der Waals surface area contributed by atoms with E-state index < -0.39 is 11.9 Å². The summed E-state index contributed by atoms with van der Waals surface area (Å²) < 4.78 is 37.7. The molecule has 4 heteroatoms. The third-order valence-corrected chi connectivity index (χ3v) is 2.57. The van der Waals surface area contributed by atoms with Gasteiger partial charge in [0.15, 0.2) is 0 Å². The van der Waals surface area contributed by atoms with E-state index in [1.807, 2.05) is 0 Å². The zero-order valence-electron chi connectivity index (χ0n) is 9.17. The summed E-state index contributed by atoms with van der Waals surface area (Å²) in [5, 5.41) is 0.718. The van der Waals surface area contributed by atoms with Crippen LogP contribution in [0.1, 0.15) is 16.8 Å². The number of halogens is 3. The number of nitrogens with zero attached hydrogens (tertiary/aromatic N) is 1. The molecular weight excluding hydrogens is 227 g/mol. The van der Waals surface area contributed by atoms with E-state index in [4.69, 9.17) is 0 Å². The van der Waals surface area contributed by atoms with E-state index in [0.29, 0.717) is 11.1 Å². The SMILES string of the molecule is C=Cc1ccc2nc(C(F)(F)F)cc(C)c2c1. The van der Waals surface area contributed by atoms with Gasteiger partial charge in [-0.25, -0.2) is 4.98 Å². The van der Waals surface area contributed by atoms with E-state index in [0.717, 1.165) is 17.0 Å². The van der Waals surface area contributed by atoms with E-state index in [2.05, 4.69) is 11.6 Å². The molecule has 0 aliphatic carbocycles. The topological polar surface area (TPSA) is 12.9 Å². The summed E-state index contributed by atoms with van der Waals surface area (Å²) in [6, 6.07) is 6.12. The molecule has 1 nitrogen and oxygen atoms in total. The number of aromatic nitrogens is 1. The molecule has 0 radical (unpaired) electrons. The van der Waals surface area contributed by atoms with Crippen molar-refractivity contribution in [1.82, 2.24) is 4.98 Å². The first-order valence-electron chi connectivity index (χ1n) is 5.03. The molecule has 0 amide bonds. The number of hydrogen-bond donors (Lipinski definition) is 0. The Morgan fingerprint density at radius 3 is 2.53 bits per heavy atom. The molecule has 2 rings (SSSR count). The summed E-state index contributed by atoms with van der Waals surface area (Å²) in [7, 11) is 0. The lowest BCUT2D eigenvalue weighted by Crippen LogP contribution is -2.08. The van der Waals surface area contributed by atoms with Crippen molar-refractivity contribution >= 4 is 17.0 Å². The van der Waals surface area contributed by atoms with Crippen molar-refractivity contribution in [2.24, 2.45) is 0 Å². The highest BCUT2D eigenvalue weighted by molar-refractivity contribution is 5.84. The Balaban J connectivity index is 2.72. The monoisotopic (exact) mass is 237 g/mol. The van der Waals surface area contributed by atoms with Crippen LogP contribution < -0.4 is 0 Å². The highest BCUT2D eigenvalue weighted by Crippen LogP contribution is 2.30. The van der Waals surface area contributed by atoms with Crippen molar-refractivity contribution in [2.75, 3.05) is 0 Å². The summed E-state index contributed by atoms with van der Waals surface area (Å²) >= 11 is 0. The van der Waals surface area contributed by atoms with Gasteiger partial charge in [-0.3, -0.25) is 0 Å². The van der Waals surface area contributed by atoms with Gasteiger partial charge in [0.2, 0.25) is 0 Å². The second-order valence-corrected chi connectivity index (χ2v) is 3.80. The molecule has 1 aromatic heterocycles. The molecule has 0 saturated heterocycles. The Hall–Kier alpha value is -1.84. The summed E-state index contributed by atoms with van der Waals surface area (Å²) in [6.07, 6.45) is -2.76. The molecule has 88 valence electrons. The molecule has 1 aromatic carbocycles. The number of aryl methyl sites for hydroxylation is 1. The third kappa shape index (κ3) is 2.16. The number of rotatable bonds is 1. The number of benzene rings is 1. The lowest BCUT2D eigenvalue weighted by Gasteiger charge is -2.09. The molecule has 2 aromatic rings. The molecule has 17 heavy (non-hydrogen) atoms. The van der Waals surface area contributed by atoms with Crippen LogP contribution in [0.5, 0.6) is 0 Å². The maximum absolute atomic E-state index is 12.6. The molecule has 0 atom stereocenters. The second kappa shape index (κ2) is 3.87. The normalized spacial score (nSPS) is 11.8. The number of pyridine rings is 1. The van der Waals surface area contributed by atoms with Crippen LogP contribution in [0.3, 0.4) is 0 Å². The minimum absolute atomic E-state index is 0.350. The molecule has 0 aliphatic heterocycles. The maximum atomic E-state index is 12.6. The highest BCUT2D eigenvalue weighted by Gasteiger charge is 2.32. The van der Waals surface area contributed by atoms with Gasteiger partial charge in [0.25, 0.3) is 0 Å². The fraction of sp³-hybridized carbons (Fsp3) is 0.154. The van der Waals surface area contributed by atoms with Crippen LogP contribution in [0.25, 0.3) is 17.0 Å². The summed E-state index contributed by atoms with van der Waals surface area (Å²) in [5.74, 6) is 0. The first-order valence-corrected chi connectivity index (χ1v) is 5.03. The predicted molar refractivity (Wildman–Crippen MR) is 61.6 cm³/mol. The Morgan fingerprint density at radius 1 is 1.24 bits per heavy atom. The van der Waals surface area contributed by atoms with E-state index >= 15 is 0 Å². The molecule has 0 fully saturated rings. The fourth-order valence-electron chi connectivity index (χ4n) is 1.68. The Bertz CT molecular complexity index is 585. The Kier molecular flexibility index (Phi) is 2.65. The minimum Gasteiger partial charge on any atom is -0.243 e. The van der Waals surface area contributed by atoms with Crippen LogP contribution in [-0.2, 0) is 6.18 Å². The number of alkyl halides is 3. The molecule has 0 unspecified atom stereocenters. The van der Waals surface area contributed by atoms with Gasteiger partial charge in [-0.05, 0) is 36.2 Å². The van der Waals surface area contributed by atoms with Gasteiger partial charge in [-0.2, -0.15) is 13.2 Å². The van der Waals surface area contributed by atoms with Crippen molar-refractivity contribution in [3.63, 3.8) is 0 Å². The van der Waals surface area contributed by atoms with Gasteiger partial charge >= 0.3 is 6.18 Å². The van der Waals surface area contributed by atoms with Crippen LogP contribution >= 0.6 is 0 Å². The van der Waals surface area contributed by atoms with Crippen molar-refractivity contribution in [1.29, 1.82) is 0 Å². The molecule has 0 saturated carbocycles. The van der Waals surface area contributed by atoms with Gasteiger partial charge < -0.3 is 0 Å². The van der Waals surface area contributed by atoms with Crippen LogP contribution in [0.4, 0.5) is 13.2 Å². The van der Waals surface area contributed by atoms with Crippen molar-refractivity contribution < 1.29 is 13.2 Å². The second-order valence-electron chi connectivity index (χ2n) is 3.80. The average molecular weight is 237 g/mol. The first kappa shape index (κ1) is 11.6.